The van der Waals surface area contributed by atoms with Crippen molar-refractivity contribution in [3.05, 3.63) is 64.5 Å². The lowest BCUT2D eigenvalue weighted by atomic mass is 10.1. The average molecular weight is 301 g/mol. The molecule has 1 N–H and O–H groups in total. The summed E-state index contributed by atoms with van der Waals surface area (Å²) < 4.78 is 13.6. The smallest absolute Gasteiger partial charge is 0.129 e. The second-order valence-corrected chi connectivity index (χ2v) is 7.07. The number of fused-ring (bicyclic) bond motifs is 1. The van der Waals surface area contributed by atoms with Crippen LogP contribution in [0, 0.1) is 19.7 Å². The summed E-state index contributed by atoms with van der Waals surface area (Å²) >= 11 is 1.96. The van der Waals surface area contributed by atoms with Crippen LogP contribution in [0.5, 0.6) is 0 Å². The maximum absolute atomic E-state index is 13.6. The molecule has 0 aliphatic carbocycles. The van der Waals surface area contributed by atoms with Crippen LogP contribution in [0.15, 0.2) is 41.3 Å². The highest BCUT2D eigenvalue weighted by Gasteiger charge is 2.21. The van der Waals surface area contributed by atoms with E-state index in [1.165, 1.54) is 10.5 Å². The van der Waals surface area contributed by atoms with Crippen molar-refractivity contribution in [3.63, 3.8) is 0 Å². The SMILES string of the molecule is Cc1cc(CNCC2Cc3ccccc3S2)cc(C)c1F. The van der Waals surface area contributed by atoms with Crippen LogP contribution < -0.4 is 5.32 Å². The van der Waals surface area contributed by atoms with E-state index in [0.29, 0.717) is 5.25 Å². The third kappa shape index (κ3) is 3.30. The van der Waals surface area contributed by atoms with Gasteiger partial charge in [-0.05, 0) is 48.6 Å². The van der Waals surface area contributed by atoms with Gasteiger partial charge in [-0.25, -0.2) is 4.39 Å². The van der Waals surface area contributed by atoms with Gasteiger partial charge in [0.15, 0.2) is 0 Å². The van der Waals surface area contributed by atoms with Crippen LogP contribution in [0.4, 0.5) is 4.39 Å². The van der Waals surface area contributed by atoms with E-state index in [1.807, 2.05) is 37.7 Å². The molecule has 0 saturated heterocycles. The molecule has 21 heavy (non-hydrogen) atoms. The van der Waals surface area contributed by atoms with Crippen molar-refractivity contribution >= 4 is 11.8 Å². The molecule has 0 spiro atoms. The summed E-state index contributed by atoms with van der Waals surface area (Å²) in [5.41, 5.74) is 4.08. The Morgan fingerprint density at radius 1 is 1.19 bits per heavy atom. The lowest BCUT2D eigenvalue weighted by Crippen LogP contribution is -2.24. The lowest BCUT2D eigenvalue weighted by Gasteiger charge is -2.11. The molecule has 2 aromatic rings. The first-order chi connectivity index (χ1) is 10.1. The zero-order valence-electron chi connectivity index (χ0n) is 12.4. The number of hydrogen-bond donors (Lipinski definition) is 1. The Morgan fingerprint density at radius 3 is 2.62 bits per heavy atom. The predicted molar refractivity (Wildman–Crippen MR) is 87.4 cm³/mol. The largest absolute Gasteiger partial charge is 0.312 e. The van der Waals surface area contributed by atoms with Crippen molar-refractivity contribution in [2.75, 3.05) is 6.54 Å². The van der Waals surface area contributed by atoms with Crippen LogP contribution in [0.2, 0.25) is 0 Å². The van der Waals surface area contributed by atoms with Crippen LogP contribution in [-0.4, -0.2) is 11.8 Å². The summed E-state index contributed by atoms with van der Waals surface area (Å²) in [6.45, 7) is 5.44. The summed E-state index contributed by atoms with van der Waals surface area (Å²) in [7, 11) is 0. The van der Waals surface area contributed by atoms with Crippen molar-refractivity contribution in [1.29, 1.82) is 0 Å². The molecule has 0 amide bonds. The molecule has 0 bridgehead atoms. The predicted octanol–water partition coefficient (Wildman–Crippen LogP) is 4.25. The van der Waals surface area contributed by atoms with E-state index < -0.39 is 0 Å². The van der Waals surface area contributed by atoms with E-state index in [4.69, 9.17) is 0 Å². The standard InChI is InChI=1S/C18H20FNS/c1-12-7-14(8-13(2)18(12)19)10-20-11-16-9-15-5-3-4-6-17(15)21-16/h3-8,16,20H,9-11H2,1-2H3. The second kappa shape index (κ2) is 6.20. The Balaban J connectivity index is 1.54. The fourth-order valence-electron chi connectivity index (χ4n) is 2.88. The van der Waals surface area contributed by atoms with Gasteiger partial charge >= 0.3 is 0 Å². The van der Waals surface area contributed by atoms with E-state index in [0.717, 1.165) is 36.2 Å². The highest BCUT2D eigenvalue weighted by Crippen LogP contribution is 2.36. The lowest BCUT2D eigenvalue weighted by molar-refractivity contribution is 0.605. The number of benzene rings is 2. The van der Waals surface area contributed by atoms with E-state index >= 15 is 0 Å². The third-order valence-electron chi connectivity index (χ3n) is 3.91. The molecular weight excluding hydrogens is 281 g/mol. The van der Waals surface area contributed by atoms with E-state index in [2.05, 4.69) is 29.6 Å². The van der Waals surface area contributed by atoms with Gasteiger partial charge in [0.25, 0.3) is 0 Å². The zero-order valence-corrected chi connectivity index (χ0v) is 13.3. The summed E-state index contributed by atoms with van der Waals surface area (Å²) in [6, 6.07) is 12.5. The molecule has 3 rings (SSSR count). The second-order valence-electron chi connectivity index (χ2n) is 5.73. The normalized spacial score (nSPS) is 17.0. The summed E-state index contributed by atoms with van der Waals surface area (Å²) in [5.74, 6) is -0.0828. The van der Waals surface area contributed by atoms with Gasteiger partial charge in [0.1, 0.15) is 5.82 Å². The third-order valence-corrected chi connectivity index (χ3v) is 5.23. The molecule has 0 saturated carbocycles. The zero-order chi connectivity index (χ0) is 14.8. The first kappa shape index (κ1) is 14.6. The van der Waals surface area contributed by atoms with E-state index in [1.54, 1.807) is 0 Å². The van der Waals surface area contributed by atoms with Crippen molar-refractivity contribution in [1.82, 2.24) is 5.32 Å². The first-order valence-corrected chi connectivity index (χ1v) is 8.22. The fourth-order valence-corrected chi connectivity index (χ4v) is 4.17. The molecular formula is C18H20FNS. The Kier molecular flexibility index (Phi) is 4.32. The monoisotopic (exact) mass is 301 g/mol. The minimum Gasteiger partial charge on any atom is -0.312 e. The van der Waals surface area contributed by atoms with Crippen LogP contribution in [0.25, 0.3) is 0 Å². The van der Waals surface area contributed by atoms with Crippen LogP contribution in [-0.2, 0) is 13.0 Å². The molecule has 1 aliphatic rings. The molecule has 0 fully saturated rings. The van der Waals surface area contributed by atoms with Gasteiger partial charge in [-0.2, -0.15) is 0 Å². The van der Waals surface area contributed by atoms with E-state index in [-0.39, 0.29) is 5.82 Å². The number of aryl methyl sites for hydroxylation is 2. The van der Waals surface area contributed by atoms with Crippen LogP contribution in [0.1, 0.15) is 22.3 Å². The molecule has 0 aromatic heterocycles. The molecule has 1 heterocycles. The van der Waals surface area contributed by atoms with Crippen molar-refractivity contribution in [2.45, 2.75) is 37.0 Å². The molecule has 1 aliphatic heterocycles. The Labute approximate surface area is 130 Å². The number of hydrogen-bond acceptors (Lipinski definition) is 2. The van der Waals surface area contributed by atoms with Gasteiger partial charge in [-0.3, -0.25) is 0 Å². The minimum atomic E-state index is -0.0828. The summed E-state index contributed by atoms with van der Waals surface area (Å²) in [5, 5.41) is 4.11. The topological polar surface area (TPSA) is 12.0 Å². The molecule has 1 unspecified atom stereocenters. The van der Waals surface area contributed by atoms with E-state index in [9.17, 15) is 4.39 Å². The average Bonchev–Trinajstić information content (AvgIpc) is 2.87. The summed E-state index contributed by atoms with van der Waals surface area (Å²) in [6.07, 6.45) is 1.13. The maximum Gasteiger partial charge on any atom is 0.129 e. The van der Waals surface area contributed by atoms with Gasteiger partial charge in [-0.1, -0.05) is 30.3 Å². The van der Waals surface area contributed by atoms with Crippen molar-refractivity contribution in [2.24, 2.45) is 0 Å². The molecule has 1 nitrogen and oxygen atoms in total. The highest BCUT2D eigenvalue weighted by atomic mass is 32.2. The van der Waals surface area contributed by atoms with Gasteiger partial charge < -0.3 is 5.32 Å². The highest BCUT2D eigenvalue weighted by molar-refractivity contribution is 8.00. The molecule has 3 heteroatoms. The minimum absolute atomic E-state index is 0.0828. The Bertz CT molecular complexity index is 605. The number of thioether (sulfide) groups is 1. The van der Waals surface area contributed by atoms with Crippen molar-refractivity contribution < 1.29 is 4.39 Å². The quantitative estimate of drug-likeness (QED) is 0.906. The molecule has 1 atom stereocenters. The maximum atomic E-state index is 13.6. The number of nitrogens with one attached hydrogen (secondary N) is 1. The van der Waals surface area contributed by atoms with Gasteiger partial charge in [0.05, 0.1) is 0 Å². The summed E-state index contributed by atoms with van der Waals surface area (Å²) in [4.78, 5) is 1.41. The molecule has 2 aromatic carbocycles. The molecule has 0 radical (unpaired) electrons. The van der Waals surface area contributed by atoms with Gasteiger partial charge in [0.2, 0.25) is 0 Å². The first-order valence-electron chi connectivity index (χ1n) is 7.34. The fraction of sp³-hybridized carbons (Fsp3) is 0.333. The van der Waals surface area contributed by atoms with Gasteiger partial charge in [-0.15, -0.1) is 11.8 Å². The Hall–Kier alpha value is -1.32. The van der Waals surface area contributed by atoms with Crippen LogP contribution in [0.3, 0.4) is 0 Å². The van der Waals surface area contributed by atoms with Crippen LogP contribution >= 0.6 is 11.8 Å². The Morgan fingerprint density at radius 2 is 1.90 bits per heavy atom. The number of rotatable bonds is 4. The number of halogens is 1. The molecule has 110 valence electrons. The van der Waals surface area contributed by atoms with Gasteiger partial charge in [0, 0.05) is 23.2 Å². The van der Waals surface area contributed by atoms with Crippen molar-refractivity contribution in [3.8, 4) is 0 Å².